The first-order valence-electron chi connectivity index (χ1n) is 11.1. The van der Waals surface area contributed by atoms with Crippen LogP contribution in [-0.4, -0.2) is 49.6 Å². The van der Waals surface area contributed by atoms with Crippen LogP contribution in [0.4, 0.5) is 11.4 Å². The number of piperidine rings is 1. The van der Waals surface area contributed by atoms with E-state index < -0.39 is 0 Å². The Bertz CT molecular complexity index is 908. The Morgan fingerprint density at radius 3 is 2.61 bits per heavy atom. The molecule has 1 amide bonds. The Balaban J connectivity index is 1.36. The molecule has 7 heteroatoms. The Hall–Kier alpha value is -1.95. The van der Waals surface area contributed by atoms with Crippen LogP contribution in [0, 0.1) is 0 Å². The predicted molar refractivity (Wildman–Crippen MR) is 129 cm³/mol. The lowest BCUT2D eigenvalue weighted by atomic mass is 10.0. The number of hydrogen-bond donors (Lipinski definition) is 2. The quantitative estimate of drug-likeness (QED) is 0.661. The number of piperazine rings is 1. The minimum atomic E-state index is 0.00834. The molecule has 1 unspecified atom stereocenters. The molecule has 0 aromatic heterocycles. The Morgan fingerprint density at radius 2 is 1.90 bits per heavy atom. The topological polar surface area (TPSA) is 47.6 Å². The van der Waals surface area contributed by atoms with Gasteiger partial charge in [0.1, 0.15) is 0 Å². The van der Waals surface area contributed by atoms with E-state index in [0.717, 1.165) is 56.8 Å². The normalized spacial score (nSPS) is 20.4. The van der Waals surface area contributed by atoms with Gasteiger partial charge in [-0.2, -0.15) is 0 Å². The van der Waals surface area contributed by atoms with E-state index in [9.17, 15) is 4.79 Å². The predicted octanol–water partition coefficient (Wildman–Crippen LogP) is 4.96. The molecule has 2 N–H and O–H groups in total. The summed E-state index contributed by atoms with van der Waals surface area (Å²) in [5.41, 5.74) is 3.23. The molecular formula is C24H30Cl2N4O. The molecule has 2 fully saturated rings. The Labute approximate surface area is 194 Å². The highest BCUT2D eigenvalue weighted by Crippen LogP contribution is 2.30. The third kappa shape index (κ3) is 5.46. The third-order valence-corrected chi connectivity index (χ3v) is 6.79. The molecule has 166 valence electrons. The van der Waals surface area contributed by atoms with Gasteiger partial charge in [0.2, 0.25) is 5.91 Å². The molecule has 0 bridgehead atoms. The van der Waals surface area contributed by atoms with E-state index in [-0.39, 0.29) is 18.0 Å². The molecule has 0 aliphatic carbocycles. The fourth-order valence-electron chi connectivity index (χ4n) is 4.44. The van der Waals surface area contributed by atoms with E-state index in [1.165, 1.54) is 12.1 Å². The number of benzene rings is 2. The van der Waals surface area contributed by atoms with E-state index in [1.807, 2.05) is 17.0 Å². The van der Waals surface area contributed by atoms with Crippen molar-refractivity contribution in [1.82, 2.24) is 10.2 Å². The molecule has 2 atom stereocenters. The molecule has 2 aromatic rings. The van der Waals surface area contributed by atoms with Crippen molar-refractivity contribution in [3.8, 4) is 0 Å². The van der Waals surface area contributed by atoms with E-state index in [4.69, 9.17) is 23.2 Å². The fraction of sp³-hybridized carbons (Fsp3) is 0.458. The van der Waals surface area contributed by atoms with Crippen LogP contribution in [0.25, 0.3) is 0 Å². The van der Waals surface area contributed by atoms with Gasteiger partial charge in [-0.1, -0.05) is 41.8 Å². The molecule has 2 aromatic carbocycles. The largest absolute Gasteiger partial charge is 0.378 e. The van der Waals surface area contributed by atoms with Crippen molar-refractivity contribution in [3.63, 3.8) is 0 Å². The number of rotatable bonds is 5. The standard InChI is InChI=1S/C24H30Cl2N4O/c1-17(21-9-8-18(25)15-22(21)26)28-19-5-4-6-20(16-19)29-11-13-30(14-12-29)24(31)23-7-2-3-10-27-23/h4-6,8-9,15-17,23,27-28H,2-3,7,10-14H2,1H3/t17?,23-/m1/s1. The van der Waals surface area contributed by atoms with Crippen molar-refractivity contribution in [1.29, 1.82) is 0 Å². The maximum atomic E-state index is 12.8. The van der Waals surface area contributed by atoms with Crippen LogP contribution in [0.15, 0.2) is 42.5 Å². The maximum absolute atomic E-state index is 12.8. The zero-order valence-electron chi connectivity index (χ0n) is 17.9. The molecule has 5 nitrogen and oxygen atoms in total. The lowest BCUT2D eigenvalue weighted by Gasteiger charge is -2.38. The summed E-state index contributed by atoms with van der Waals surface area (Å²) >= 11 is 12.4. The number of carbonyl (C=O) groups is 1. The van der Waals surface area contributed by atoms with Gasteiger partial charge in [-0.15, -0.1) is 0 Å². The molecule has 2 saturated heterocycles. The van der Waals surface area contributed by atoms with Crippen molar-refractivity contribution in [2.75, 3.05) is 42.9 Å². The van der Waals surface area contributed by atoms with E-state index >= 15 is 0 Å². The van der Waals surface area contributed by atoms with Crippen LogP contribution in [0.1, 0.15) is 37.8 Å². The Kier molecular flexibility index (Phi) is 7.26. The number of nitrogens with zero attached hydrogens (tertiary/aromatic N) is 2. The number of halogens is 2. The fourth-order valence-corrected chi connectivity index (χ4v) is 5.01. The second-order valence-corrected chi connectivity index (χ2v) is 9.24. The lowest BCUT2D eigenvalue weighted by Crippen LogP contribution is -2.55. The van der Waals surface area contributed by atoms with Crippen molar-refractivity contribution in [2.24, 2.45) is 0 Å². The first-order valence-corrected chi connectivity index (χ1v) is 11.9. The number of amides is 1. The Morgan fingerprint density at radius 1 is 1.10 bits per heavy atom. The molecule has 0 radical (unpaired) electrons. The first kappa shape index (κ1) is 22.3. The molecule has 2 aliphatic rings. The van der Waals surface area contributed by atoms with E-state index in [2.05, 4.69) is 46.7 Å². The van der Waals surface area contributed by atoms with Crippen LogP contribution >= 0.6 is 23.2 Å². The van der Waals surface area contributed by atoms with Gasteiger partial charge in [-0.3, -0.25) is 4.79 Å². The number of carbonyl (C=O) groups excluding carboxylic acids is 1. The average Bonchev–Trinajstić information content (AvgIpc) is 2.79. The van der Waals surface area contributed by atoms with Crippen LogP contribution in [0.2, 0.25) is 10.0 Å². The average molecular weight is 461 g/mol. The van der Waals surface area contributed by atoms with Crippen LogP contribution in [0.5, 0.6) is 0 Å². The van der Waals surface area contributed by atoms with Gasteiger partial charge < -0.3 is 20.4 Å². The van der Waals surface area contributed by atoms with Gasteiger partial charge in [0.15, 0.2) is 0 Å². The second kappa shape index (κ2) is 10.1. The van der Waals surface area contributed by atoms with E-state index in [1.54, 1.807) is 6.07 Å². The summed E-state index contributed by atoms with van der Waals surface area (Å²) in [6.07, 6.45) is 3.27. The molecule has 2 aliphatic heterocycles. The zero-order valence-corrected chi connectivity index (χ0v) is 19.4. The molecule has 0 spiro atoms. The highest BCUT2D eigenvalue weighted by molar-refractivity contribution is 6.35. The number of hydrogen-bond acceptors (Lipinski definition) is 4. The van der Waals surface area contributed by atoms with Crippen molar-refractivity contribution in [3.05, 3.63) is 58.1 Å². The zero-order chi connectivity index (χ0) is 21.8. The second-order valence-electron chi connectivity index (χ2n) is 8.40. The molecule has 4 rings (SSSR count). The van der Waals surface area contributed by atoms with Crippen molar-refractivity contribution < 1.29 is 4.79 Å². The minimum absolute atomic E-state index is 0.00834. The van der Waals surface area contributed by atoms with Crippen molar-refractivity contribution >= 4 is 40.5 Å². The molecular weight excluding hydrogens is 431 g/mol. The summed E-state index contributed by atoms with van der Waals surface area (Å²) in [6, 6.07) is 14.1. The van der Waals surface area contributed by atoms with Gasteiger partial charge in [0.05, 0.1) is 6.04 Å². The first-order chi connectivity index (χ1) is 15.0. The highest BCUT2D eigenvalue weighted by Gasteiger charge is 2.28. The maximum Gasteiger partial charge on any atom is 0.239 e. The van der Waals surface area contributed by atoms with Gasteiger partial charge in [0.25, 0.3) is 0 Å². The summed E-state index contributed by atoms with van der Waals surface area (Å²) < 4.78 is 0. The van der Waals surface area contributed by atoms with Gasteiger partial charge in [-0.05, 0) is 62.2 Å². The molecule has 0 saturated carbocycles. The minimum Gasteiger partial charge on any atom is -0.378 e. The van der Waals surface area contributed by atoms with Gasteiger partial charge in [-0.25, -0.2) is 0 Å². The summed E-state index contributed by atoms with van der Waals surface area (Å²) in [6.45, 7) is 6.28. The molecule has 31 heavy (non-hydrogen) atoms. The summed E-state index contributed by atoms with van der Waals surface area (Å²) in [4.78, 5) is 17.1. The van der Waals surface area contributed by atoms with Crippen LogP contribution < -0.4 is 15.5 Å². The van der Waals surface area contributed by atoms with Crippen LogP contribution in [0.3, 0.4) is 0 Å². The summed E-state index contributed by atoms with van der Waals surface area (Å²) in [7, 11) is 0. The number of nitrogens with one attached hydrogen (secondary N) is 2. The number of anilines is 2. The SMILES string of the molecule is CC(Nc1cccc(N2CCN(C(=O)[C@H]3CCCCN3)CC2)c1)c1ccc(Cl)cc1Cl. The molecule has 2 heterocycles. The van der Waals surface area contributed by atoms with Gasteiger partial charge >= 0.3 is 0 Å². The summed E-state index contributed by atoms with van der Waals surface area (Å²) in [5, 5.41) is 8.22. The van der Waals surface area contributed by atoms with Crippen molar-refractivity contribution in [2.45, 2.75) is 38.3 Å². The monoisotopic (exact) mass is 460 g/mol. The van der Waals surface area contributed by atoms with Gasteiger partial charge in [0, 0.05) is 53.6 Å². The van der Waals surface area contributed by atoms with Crippen LogP contribution in [-0.2, 0) is 4.79 Å². The third-order valence-electron chi connectivity index (χ3n) is 6.22. The highest BCUT2D eigenvalue weighted by atomic mass is 35.5. The van der Waals surface area contributed by atoms with E-state index in [0.29, 0.717) is 10.0 Å². The summed E-state index contributed by atoms with van der Waals surface area (Å²) in [5.74, 6) is 0.267. The lowest BCUT2D eigenvalue weighted by molar-refractivity contribution is -0.134. The smallest absolute Gasteiger partial charge is 0.239 e.